The fourth-order valence-corrected chi connectivity index (χ4v) is 0.471. The molecule has 0 bridgehead atoms. The van der Waals surface area contributed by atoms with Gasteiger partial charge in [0.25, 0.3) is 0 Å². The molecule has 0 aliphatic rings. The van der Waals surface area contributed by atoms with Crippen LogP contribution in [0.25, 0.3) is 0 Å². The van der Waals surface area contributed by atoms with Gasteiger partial charge in [0.05, 0.1) is 18.6 Å². The predicted octanol–water partition coefficient (Wildman–Crippen LogP) is 0.696. The van der Waals surface area contributed by atoms with Gasteiger partial charge in [-0.2, -0.15) is 5.26 Å². The molecule has 7 heavy (non-hydrogen) atoms. The minimum absolute atomic E-state index is 0.253. The first-order valence-electron chi connectivity index (χ1n) is 1.92. The SMILES string of the molecule is N#CCC(O)CI. The molecule has 0 aliphatic heterocycles. The number of aliphatic hydroxyl groups excluding tert-OH is 1. The molecule has 0 saturated carbocycles. The molecule has 0 aromatic heterocycles. The maximum Gasteiger partial charge on any atom is 0.0759 e. The molecule has 0 saturated heterocycles. The normalized spacial score (nSPS) is 12.7. The summed E-state index contributed by atoms with van der Waals surface area (Å²) in [4.78, 5) is 0. The Morgan fingerprint density at radius 1 is 1.86 bits per heavy atom. The Hall–Kier alpha value is 0.180. The highest BCUT2D eigenvalue weighted by Gasteiger charge is 1.96. The maximum atomic E-state index is 8.63. The lowest BCUT2D eigenvalue weighted by atomic mass is 10.3. The summed E-state index contributed by atoms with van der Waals surface area (Å²) in [6, 6.07) is 1.86. The van der Waals surface area contributed by atoms with E-state index in [4.69, 9.17) is 10.4 Å². The van der Waals surface area contributed by atoms with Crippen LogP contribution in [0.15, 0.2) is 0 Å². The number of nitrogens with zero attached hydrogens (tertiary/aromatic N) is 1. The van der Waals surface area contributed by atoms with Crippen molar-refractivity contribution in [3.8, 4) is 6.07 Å². The summed E-state index contributed by atoms with van der Waals surface area (Å²) in [7, 11) is 0. The van der Waals surface area contributed by atoms with Crippen LogP contribution in [0.5, 0.6) is 0 Å². The van der Waals surface area contributed by atoms with Crippen LogP contribution in [0.2, 0.25) is 0 Å². The molecular weight excluding hydrogens is 205 g/mol. The van der Waals surface area contributed by atoms with Crippen molar-refractivity contribution in [2.24, 2.45) is 0 Å². The van der Waals surface area contributed by atoms with Gasteiger partial charge in [0.1, 0.15) is 0 Å². The minimum Gasteiger partial charge on any atom is -0.391 e. The summed E-state index contributed by atoms with van der Waals surface area (Å²) >= 11 is 2.04. The topological polar surface area (TPSA) is 44.0 Å². The third-order valence-corrected chi connectivity index (χ3v) is 1.52. The van der Waals surface area contributed by atoms with Crippen LogP contribution in [-0.4, -0.2) is 15.6 Å². The lowest BCUT2D eigenvalue weighted by Gasteiger charge is -1.95. The van der Waals surface area contributed by atoms with Gasteiger partial charge in [-0.1, -0.05) is 22.6 Å². The predicted molar refractivity (Wildman–Crippen MR) is 35.1 cm³/mol. The van der Waals surface area contributed by atoms with Crippen LogP contribution < -0.4 is 0 Å². The summed E-state index contributed by atoms with van der Waals surface area (Å²) in [5.41, 5.74) is 0. The van der Waals surface area contributed by atoms with Crippen molar-refractivity contribution in [1.82, 2.24) is 0 Å². The maximum absolute atomic E-state index is 8.63. The Morgan fingerprint density at radius 2 is 2.43 bits per heavy atom. The smallest absolute Gasteiger partial charge is 0.0759 e. The van der Waals surface area contributed by atoms with Crippen LogP contribution in [0.3, 0.4) is 0 Å². The Bertz CT molecular complexity index is 78.2. The van der Waals surface area contributed by atoms with Crippen molar-refractivity contribution in [3.05, 3.63) is 0 Å². The lowest BCUT2D eigenvalue weighted by molar-refractivity contribution is 0.208. The quantitative estimate of drug-likeness (QED) is 0.539. The molecule has 0 radical (unpaired) electrons. The van der Waals surface area contributed by atoms with E-state index in [0.29, 0.717) is 4.43 Å². The van der Waals surface area contributed by atoms with Crippen molar-refractivity contribution in [2.75, 3.05) is 4.43 Å². The molecule has 0 spiro atoms. The zero-order valence-corrected chi connectivity index (χ0v) is 5.92. The molecule has 0 aromatic rings. The fraction of sp³-hybridized carbons (Fsp3) is 0.750. The number of aliphatic hydroxyl groups is 1. The van der Waals surface area contributed by atoms with Crippen LogP contribution in [0.1, 0.15) is 6.42 Å². The van der Waals surface area contributed by atoms with Crippen LogP contribution in [0, 0.1) is 11.3 Å². The van der Waals surface area contributed by atoms with Gasteiger partial charge < -0.3 is 5.11 Å². The van der Waals surface area contributed by atoms with E-state index in [9.17, 15) is 0 Å². The van der Waals surface area contributed by atoms with Gasteiger partial charge in [0.2, 0.25) is 0 Å². The van der Waals surface area contributed by atoms with E-state index in [2.05, 4.69) is 0 Å². The average molecular weight is 211 g/mol. The third-order valence-electron chi connectivity index (χ3n) is 0.505. The van der Waals surface area contributed by atoms with Crippen molar-refractivity contribution in [3.63, 3.8) is 0 Å². The van der Waals surface area contributed by atoms with E-state index < -0.39 is 6.10 Å². The number of alkyl halides is 1. The fourth-order valence-electron chi connectivity index (χ4n) is 0.160. The summed E-state index contributed by atoms with van der Waals surface area (Å²) in [5, 5.41) is 16.6. The second-order valence-corrected chi connectivity index (χ2v) is 2.05. The Kier molecular flexibility index (Phi) is 4.45. The monoisotopic (exact) mass is 211 g/mol. The van der Waals surface area contributed by atoms with E-state index in [1.54, 1.807) is 0 Å². The van der Waals surface area contributed by atoms with Crippen molar-refractivity contribution < 1.29 is 5.11 Å². The lowest BCUT2D eigenvalue weighted by Crippen LogP contribution is -2.04. The number of halogens is 1. The van der Waals surface area contributed by atoms with E-state index in [1.165, 1.54) is 0 Å². The molecule has 0 aromatic carbocycles. The van der Waals surface area contributed by atoms with Crippen LogP contribution >= 0.6 is 22.6 Å². The molecule has 1 unspecified atom stereocenters. The second kappa shape index (κ2) is 4.34. The van der Waals surface area contributed by atoms with Crippen molar-refractivity contribution >= 4 is 22.6 Å². The molecule has 0 aliphatic carbocycles. The highest BCUT2D eigenvalue weighted by molar-refractivity contribution is 14.1. The molecule has 0 fully saturated rings. The zero-order valence-electron chi connectivity index (χ0n) is 3.76. The Balaban J connectivity index is 3.03. The van der Waals surface area contributed by atoms with Crippen molar-refractivity contribution in [1.29, 1.82) is 5.26 Å². The van der Waals surface area contributed by atoms with E-state index >= 15 is 0 Å². The number of hydrogen-bond donors (Lipinski definition) is 1. The molecule has 1 atom stereocenters. The Morgan fingerprint density at radius 3 is 2.57 bits per heavy atom. The zero-order chi connectivity index (χ0) is 5.70. The first-order chi connectivity index (χ1) is 3.31. The average Bonchev–Trinajstić information content (AvgIpc) is 1.68. The largest absolute Gasteiger partial charge is 0.391 e. The minimum atomic E-state index is -0.425. The van der Waals surface area contributed by atoms with Gasteiger partial charge >= 0.3 is 0 Å². The van der Waals surface area contributed by atoms with Crippen LogP contribution in [-0.2, 0) is 0 Å². The van der Waals surface area contributed by atoms with Gasteiger partial charge in [0, 0.05) is 4.43 Å². The molecule has 3 heteroatoms. The summed E-state index contributed by atoms with van der Waals surface area (Å²) in [6.45, 7) is 0. The first kappa shape index (κ1) is 7.18. The number of rotatable bonds is 2. The summed E-state index contributed by atoms with van der Waals surface area (Å²) < 4.78 is 0.644. The van der Waals surface area contributed by atoms with Crippen LogP contribution in [0.4, 0.5) is 0 Å². The highest BCUT2D eigenvalue weighted by Crippen LogP contribution is 1.93. The molecule has 40 valence electrons. The number of nitriles is 1. The van der Waals surface area contributed by atoms with Gasteiger partial charge in [-0.15, -0.1) is 0 Å². The summed E-state index contributed by atoms with van der Waals surface area (Å²) in [5.74, 6) is 0. The van der Waals surface area contributed by atoms with E-state index in [0.717, 1.165) is 0 Å². The first-order valence-corrected chi connectivity index (χ1v) is 3.44. The molecule has 0 rings (SSSR count). The van der Waals surface area contributed by atoms with Crippen molar-refractivity contribution in [2.45, 2.75) is 12.5 Å². The third kappa shape index (κ3) is 4.02. The van der Waals surface area contributed by atoms with Gasteiger partial charge in [0.15, 0.2) is 0 Å². The molecule has 2 nitrogen and oxygen atoms in total. The molecular formula is C4H6INO. The standard InChI is InChI=1S/C4H6INO/c5-3-4(7)1-2-6/h4,7H,1,3H2. The van der Waals surface area contributed by atoms with E-state index in [1.807, 2.05) is 28.7 Å². The van der Waals surface area contributed by atoms with Gasteiger partial charge in [-0.05, 0) is 0 Å². The van der Waals surface area contributed by atoms with E-state index in [-0.39, 0.29) is 6.42 Å². The molecule has 0 heterocycles. The van der Waals surface area contributed by atoms with Gasteiger partial charge in [-0.3, -0.25) is 0 Å². The molecule has 1 N–H and O–H groups in total. The Labute approximate surface area is 56.3 Å². The highest BCUT2D eigenvalue weighted by atomic mass is 127. The summed E-state index contributed by atoms with van der Waals surface area (Å²) in [6.07, 6.45) is -0.172. The number of hydrogen-bond acceptors (Lipinski definition) is 2. The molecule has 0 amide bonds. The van der Waals surface area contributed by atoms with Gasteiger partial charge in [-0.25, -0.2) is 0 Å². The second-order valence-electron chi connectivity index (χ2n) is 1.17.